The average molecular weight is 238 g/mol. The molecule has 2 rings (SSSR count). The Labute approximate surface area is 95.1 Å². The molecule has 4 N–H and O–H groups in total. The lowest BCUT2D eigenvalue weighted by Gasteiger charge is -2.15. The van der Waals surface area contributed by atoms with Gasteiger partial charge in [0.15, 0.2) is 5.69 Å². The first-order valence-electron chi connectivity index (χ1n) is 4.87. The molecule has 0 saturated carbocycles. The summed E-state index contributed by atoms with van der Waals surface area (Å²) in [5.41, 5.74) is 4.20. The molecule has 1 aromatic rings. The first kappa shape index (κ1) is 11.1. The molecule has 0 aromatic carbocycles. The number of carbonyl (C=O) groups is 2. The van der Waals surface area contributed by atoms with Crippen molar-refractivity contribution in [1.29, 1.82) is 0 Å². The Hall–Kier alpha value is -2.38. The average Bonchev–Trinajstić information content (AvgIpc) is 2.61. The van der Waals surface area contributed by atoms with Crippen LogP contribution in [0.1, 0.15) is 6.42 Å². The molecule has 0 radical (unpaired) electrons. The molecule has 1 saturated heterocycles. The Morgan fingerprint density at radius 2 is 2.29 bits per heavy atom. The number of H-pyrrole nitrogens is 1. The van der Waals surface area contributed by atoms with E-state index in [0.29, 0.717) is 0 Å². The predicted molar refractivity (Wildman–Crippen MR) is 56.2 cm³/mol. The summed E-state index contributed by atoms with van der Waals surface area (Å²) in [5.74, 6) is -2.25. The van der Waals surface area contributed by atoms with Gasteiger partial charge in [-0.1, -0.05) is 0 Å². The molecule has 1 atom stereocenters. The number of rotatable bonds is 2. The van der Waals surface area contributed by atoms with Crippen LogP contribution in [-0.4, -0.2) is 33.4 Å². The van der Waals surface area contributed by atoms with Crippen LogP contribution >= 0.6 is 0 Å². The number of amides is 2. The van der Waals surface area contributed by atoms with E-state index >= 15 is 0 Å². The fourth-order valence-electron chi connectivity index (χ4n) is 1.74. The van der Waals surface area contributed by atoms with Crippen molar-refractivity contribution in [2.24, 2.45) is 11.7 Å². The number of aromatic amines is 1. The van der Waals surface area contributed by atoms with Gasteiger partial charge >= 0.3 is 0 Å². The van der Waals surface area contributed by atoms with Crippen LogP contribution in [0.3, 0.4) is 0 Å². The van der Waals surface area contributed by atoms with Crippen LogP contribution < -0.4 is 16.2 Å². The highest BCUT2D eigenvalue weighted by Gasteiger charge is 2.36. The van der Waals surface area contributed by atoms with Crippen molar-refractivity contribution in [3.8, 4) is 5.88 Å². The van der Waals surface area contributed by atoms with E-state index in [1.54, 1.807) is 0 Å². The molecule has 17 heavy (non-hydrogen) atoms. The molecular weight excluding hydrogens is 228 g/mol. The monoisotopic (exact) mass is 238 g/mol. The fraction of sp³-hybridized carbons (Fsp3) is 0.333. The number of anilines is 1. The zero-order valence-electron chi connectivity index (χ0n) is 8.71. The lowest BCUT2D eigenvalue weighted by molar-refractivity contribution is -0.123. The molecule has 1 unspecified atom stereocenters. The minimum Gasteiger partial charge on any atom is -0.492 e. The number of nitrogens with two attached hydrogens (primary N) is 1. The van der Waals surface area contributed by atoms with Gasteiger partial charge in [0.1, 0.15) is 0 Å². The molecule has 1 aromatic heterocycles. The largest absolute Gasteiger partial charge is 0.492 e. The van der Waals surface area contributed by atoms with Gasteiger partial charge in [-0.25, -0.2) is 4.98 Å². The van der Waals surface area contributed by atoms with Crippen LogP contribution in [-0.2, 0) is 9.59 Å². The van der Waals surface area contributed by atoms with Crippen LogP contribution in [0.25, 0.3) is 0 Å². The van der Waals surface area contributed by atoms with E-state index in [0.717, 1.165) is 11.2 Å². The van der Waals surface area contributed by atoms with E-state index in [-0.39, 0.29) is 18.7 Å². The molecule has 0 aliphatic carbocycles. The Morgan fingerprint density at radius 3 is 2.82 bits per heavy atom. The summed E-state index contributed by atoms with van der Waals surface area (Å²) in [4.78, 5) is 40.8. The quantitative estimate of drug-likeness (QED) is 0.566. The van der Waals surface area contributed by atoms with Gasteiger partial charge in [-0.05, 0) is 0 Å². The van der Waals surface area contributed by atoms with E-state index in [4.69, 9.17) is 5.73 Å². The maximum absolute atomic E-state index is 11.6. The van der Waals surface area contributed by atoms with E-state index < -0.39 is 29.2 Å². The van der Waals surface area contributed by atoms with Crippen LogP contribution in [0, 0.1) is 5.92 Å². The summed E-state index contributed by atoms with van der Waals surface area (Å²) in [6.07, 6.45) is 0.955. The van der Waals surface area contributed by atoms with Gasteiger partial charge in [0.25, 0.3) is 5.56 Å². The molecule has 8 heteroatoms. The van der Waals surface area contributed by atoms with Crippen LogP contribution in [0.2, 0.25) is 0 Å². The summed E-state index contributed by atoms with van der Waals surface area (Å²) >= 11 is 0. The zero-order valence-corrected chi connectivity index (χ0v) is 8.71. The van der Waals surface area contributed by atoms with Gasteiger partial charge in [0, 0.05) is 13.0 Å². The maximum Gasteiger partial charge on any atom is 0.278 e. The Kier molecular flexibility index (Phi) is 2.54. The number of hydrogen-bond donors (Lipinski definition) is 3. The van der Waals surface area contributed by atoms with E-state index in [1.807, 2.05) is 0 Å². The maximum atomic E-state index is 11.6. The third-order valence-corrected chi connectivity index (χ3v) is 2.61. The number of aromatic nitrogens is 2. The van der Waals surface area contributed by atoms with Crippen LogP contribution in [0.15, 0.2) is 11.1 Å². The van der Waals surface area contributed by atoms with Crippen molar-refractivity contribution < 1.29 is 14.7 Å². The Morgan fingerprint density at radius 1 is 1.59 bits per heavy atom. The molecule has 1 aliphatic rings. The van der Waals surface area contributed by atoms with Crippen molar-refractivity contribution in [3.63, 3.8) is 0 Å². The van der Waals surface area contributed by atoms with Gasteiger partial charge in [0.05, 0.1) is 12.2 Å². The van der Waals surface area contributed by atoms with Gasteiger partial charge in [-0.2, -0.15) is 0 Å². The van der Waals surface area contributed by atoms with E-state index in [2.05, 4.69) is 9.97 Å². The van der Waals surface area contributed by atoms with Crippen molar-refractivity contribution in [2.75, 3.05) is 11.4 Å². The highest BCUT2D eigenvalue weighted by molar-refractivity contribution is 6.00. The lowest BCUT2D eigenvalue weighted by atomic mass is 10.1. The van der Waals surface area contributed by atoms with Crippen molar-refractivity contribution >= 4 is 17.5 Å². The number of aromatic hydroxyl groups is 1. The molecular formula is C9H10N4O4. The standard InChI is InChI=1S/C9H10N4O4/c10-7(15)4-1-5(14)13(2-4)6-8(16)11-3-12-9(6)17/h3-4H,1-2H2,(H2,10,15)(H2,11,12,16,17). The van der Waals surface area contributed by atoms with Crippen molar-refractivity contribution in [1.82, 2.24) is 9.97 Å². The minimum atomic E-state index is -0.651. The van der Waals surface area contributed by atoms with E-state index in [1.165, 1.54) is 0 Å². The van der Waals surface area contributed by atoms with Crippen molar-refractivity contribution in [3.05, 3.63) is 16.7 Å². The summed E-state index contributed by atoms with van der Waals surface area (Å²) in [7, 11) is 0. The number of hydrogen-bond acceptors (Lipinski definition) is 5. The number of primary amides is 1. The minimum absolute atomic E-state index is 0.0174. The van der Waals surface area contributed by atoms with Crippen LogP contribution in [0.4, 0.5) is 5.69 Å². The summed E-state index contributed by atoms with van der Waals surface area (Å²) in [6.45, 7) is -0.0174. The Balaban J connectivity index is 2.39. The normalized spacial score (nSPS) is 19.6. The van der Waals surface area contributed by atoms with Gasteiger partial charge in [-0.3, -0.25) is 14.4 Å². The second-order valence-corrected chi connectivity index (χ2v) is 3.71. The number of nitrogens with zero attached hydrogens (tertiary/aromatic N) is 2. The summed E-state index contributed by atoms with van der Waals surface area (Å²) < 4.78 is 0. The highest BCUT2D eigenvalue weighted by Crippen LogP contribution is 2.26. The number of nitrogens with one attached hydrogen (secondary N) is 1. The second kappa shape index (κ2) is 3.89. The zero-order chi connectivity index (χ0) is 12.6. The van der Waals surface area contributed by atoms with Gasteiger partial charge < -0.3 is 20.7 Å². The molecule has 0 bridgehead atoms. The smallest absolute Gasteiger partial charge is 0.278 e. The van der Waals surface area contributed by atoms with Gasteiger partial charge in [0.2, 0.25) is 17.7 Å². The Bertz CT molecular complexity index is 538. The number of carbonyl (C=O) groups excluding carboxylic acids is 2. The molecule has 1 aliphatic heterocycles. The molecule has 90 valence electrons. The van der Waals surface area contributed by atoms with E-state index in [9.17, 15) is 19.5 Å². The first-order chi connectivity index (χ1) is 8.00. The molecule has 8 nitrogen and oxygen atoms in total. The molecule has 0 spiro atoms. The summed E-state index contributed by atoms with van der Waals surface area (Å²) in [6, 6.07) is 0. The first-order valence-corrected chi connectivity index (χ1v) is 4.87. The second-order valence-electron chi connectivity index (χ2n) is 3.71. The fourth-order valence-corrected chi connectivity index (χ4v) is 1.74. The molecule has 2 amide bonds. The van der Waals surface area contributed by atoms with Crippen LogP contribution in [0.5, 0.6) is 5.88 Å². The van der Waals surface area contributed by atoms with Gasteiger partial charge in [-0.15, -0.1) is 0 Å². The topological polar surface area (TPSA) is 129 Å². The SMILES string of the molecule is NC(=O)C1CC(=O)N(c2c(O)nc[nH]c2=O)C1. The highest BCUT2D eigenvalue weighted by atomic mass is 16.3. The third kappa shape index (κ3) is 1.84. The van der Waals surface area contributed by atoms with Crippen molar-refractivity contribution in [2.45, 2.75) is 6.42 Å². The third-order valence-electron chi connectivity index (χ3n) is 2.61. The predicted octanol–water partition coefficient (Wildman–Crippen LogP) is -1.69. The molecule has 1 fully saturated rings. The molecule has 2 heterocycles. The lowest BCUT2D eigenvalue weighted by Crippen LogP contribution is -2.32. The summed E-state index contributed by atoms with van der Waals surface area (Å²) in [5, 5.41) is 9.45.